The molecule has 0 aromatic heterocycles. The van der Waals surface area contributed by atoms with E-state index >= 15 is 0 Å². The molecule has 1 aromatic rings. The summed E-state index contributed by atoms with van der Waals surface area (Å²) in [6, 6.07) is 9.33. The zero-order chi connectivity index (χ0) is 16.0. The van der Waals surface area contributed by atoms with Crippen LogP contribution >= 0.6 is 0 Å². The summed E-state index contributed by atoms with van der Waals surface area (Å²) in [5, 5.41) is 14.2. The largest absolute Gasteiger partial charge is 0.465 e. The van der Waals surface area contributed by atoms with E-state index in [1.165, 1.54) is 0 Å². The number of carbonyl (C=O) groups is 2. The zero-order valence-corrected chi connectivity index (χ0v) is 12.7. The predicted octanol–water partition coefficient (Wildman–Crippen LogP) is 2.88. The highest BCUT2D eigenvalue weighted by molar-refractivity contribution is 5.68. The molecule has 0 unspecified atom stereocenters. The number of carboxylic acid groups (broad SMARTS) is 1. The molecule has 1 aliphatic rings. The van der Waals surface area contributed by atoms with Crippen molar-refractivity contribution in [1.82, 2.24) is 10.6 Å². The fourth-order valence-electron chi connectivity index (χ4n) is 2.90. The Balaban J connectivity index is 1.82. The van der Waals surface area contributed by atoms with Crippen LogP contribution in [-0.2, 0) is 11.3 Å². The second-order valence-electron chi connectivity index (χ2n) is 5.99. The minimum Gasteiger partial charge on any atom is -0.465 e. The Morgan fingerprint density at radius 2 is 2.09 bits per heavy atom. The van der Waals surface area contributed by atoms with Gasteiger partial charge in [-0.05, 0) is 38.2 Å². The molecular weight excluding hydrogens is 284 g/mol. The maximum atomic E-state index is 11.9. The third-order valence-corrected chi connectivity index (χ3v) is 3.92. The highest BCUT2D eigenvalue weighted by Gasteiger charge is 2.34. The number of hydrogen-bond acceptors (Lipinski definition) is 3. The van der Waals surface area contributed by atoms with Crippen LogP contribution in [0.2, 0.25) is 0 Å². The van der Waals surface area contributed by atoms with Crippen molar-refractivity contribution >= 4 is 12.2 Å². The highest BCUT2D eigenvalue weighted by atomic mass is 16.5. The summed E-state index contributed by atoms with van der Waals surface area (Å²) in [6.45, 7) is 2.14. The Hall–Kier alpha value is -2.24. The van der Waals surface area contributed by atoms with Crippen molar-refractivity contribution in [2.24, 2.45) is 0 Å². The molecule has 0 aliphatic heterocycles. The van der Waals surface area contributed by atoms with E-state index in [1.807, 2.05) is 37.3 Å². The SMILES string of the molecule is C[C@]1(NC(=O)OCc2ccccc2)CCC[C@@H](NC(=O)O)C1. The lowest BCUT2D eigenvalue weighted by Gasteiger charge is -2.38. The fourth-order valence-corrected chi connectivity index (χ4v) is 2.90. The van der Waals surface area contributed by atoms with Gasteiger partial charge in [0.15, 0.2) is 0 Å². The molecule has 0 bridgehead atoms. The third-order valence-electron chi connectivity index (χ3n) is 3.92. The molecule has 2 rings (SSSR count). The van der Waals surface area contributed by atoms with E-state index in [4.69, 9.17) is 9.84 Å². The average molecular weight is 306 g/mol. The summed E-state index contributed by atoms with van der Waals surface area (Å²) in [7, 11) is 0. The van der Waals surface area contributed by atoms with E-state index in [1.54, 1.807) is 0 Å². The summed E-state index contributed by atoms with van der Waals surface area (Å²) >= 11 is 0. The lowest BCUT2D eigenvalue weighted by Crippen LogP contribution is -2.53. The van der Waals surface area contributed by atoms with Gasteiger partial charge in [-0.15, -0.1) is 0 Å². The van der Waals surface area contributed by atoms with E-state index in [-0.39, 0.29) is 12.6 Å². The van der Waals surface area contributed by atoms with Gasteiger partial charge in [0.1, 0.15) is 6.61 Å². The molecule has 0 heterocycles. The molecule has 0 saturated heterocycles. The molecular formula is C16H22N2O4. The van der Waals surface area contributed by atoms with Crippen LogP contribution in [0, 0.1) is 0 Å². The van der Waals surface area contributed by atoms with Gasteiger partial charge < -0.3 is 20.5 Å². The van der Waals surface area contributed by atoms with Gasteiger partial charge in [-0.3, -0.25) is 0 Å². The quantitative estimate of drug-likeness (QED) is 0.798. The van der Waals surface area contributed by atoms with Crippen LogP contribution in [0.5, 0.6) is 0 Å². The lowest BCUT2D eigenvalue weighted by molar-refractivity contribution is 0.116. The number of alkyl carbamates (subject to hydrolysis) is 1. The smallest absolute Gasteiger partial charge is 0.407 e. The average Bonchev–Trinajstić information content (AvgIpc) is 2.45. The first-order valence-corrected chi connectivity index (χ1v) is 7.45. The summed E-state index contributed by atoms with van der Waals surface area (Å²) in [4.78, 5) is 22.7. The van der Waals surface area contributed by atoms with E-state index in [0.29, 0.717) is 6.42 Å². The van der Waals surface area contributed by atoms with Gasteiger partial charge in [-0.25, -0.2) is 9.59 Å². The summed E-state index contributed by atoms with van der Waals surface area (Å²) in [6.07, 6.45) is 1.54. The Morgan fingerprint density at radius 3 is 2.77 bits per heavy atom. The Bertz CT molecular complexity index is 520. The monoisotopic (exact) mass is 306 g/mol. The number of rotatable bonds is 4. The molecule has 2 amide bonds. The van der Waals surface area contributed by atoms with Crippen LogP contribution in [0.25, 0.3) is 0 Å². The van der Waals surface area contributed by atoms with E-state index in [0.717, 1.165) is 24.8 Å². The maximum absolute atomic E-state index is 11.9. The van der Waals surface area contributed by atoms with Gasteiger partial charge >= 0.3 is 12.2 Å². The molecule has 1 aliphatic carbocycles. The second kappa shape index (κ2) is 7.15. The standard InChI is InChI=1S/C16H22N2O4/c1-16(9-5-8-13(10-16)17-14(19)20)18-15(21)22-11-12-6-3-2-4-7-12/h2-4,6-7,13,17H,5,8-11H2,1H3,(H,18,21)(H,19,20)/t13-,16+/m1/s1. The van der Waals surface area contributed by atoms with E-state index in [9.17, 15) is 9.59 Å². The number of nitrogens with one attached hydrogen (secondary N) is 2. The first kappa shape index (κ1) is 16.1. The Morgan fingerprint density at radius 1 is 1.36 bits per heavy atom. The molecule has 1 saturated carbocycles. The minimum absolute atomic E-state index is 0.134. The molecule has 1 aromatic carbocycles. The van der Waals surface area contributed by atoms with Crippen molar-refractivity contribution in [3.8, 4) is 0 Å². The molecule has 6 heteroatoms. The first-order valence-electron chi connectivity index (χ1n) is 7.45. The van der Waals surface area contributed by atoms with E-state index < -0.39 is 17.7 Å². The molecule has 0 radical (unpaired) electrons. The zero-order valence-electron chi connectivity index (χ0n) is 12.7. The Kier molecular flexibility index (Phi) is 5.25. The van der Waals surface area contributed by atoms with Crippen LogP contribution in [0.3, 0.4) is 0 Å². The van der Waals surface area contributed by atoms with Crippen LogP contribution in [0.4, 0.5) is 9.59 Å². The van der Waals surface area contributed by atoms with Crippen molar-refractivity contribution in [3.05, 3.63) is 35.9 Å². The molecule has 3 N–H and O–H groups in total. The van der Waals surface area contributed by atoms with Crippen LogP contribution in [-0.4, -0.2) is 28.9 Å². The number of ether oxygens (including phenoxy) is 1. The van der Waals surface area contributed by atoms with Crippen LogP contribution in [0.1, 0.15) is 38.2 Å². The van der Waals surface area contributed by atoms with Crippen molar-refractivity contribution in [2.45, 2.75) is 50.8 Å². The van der Waals surface area contributed by atoms with E-state index in [2.05, 4.69) is 10.6 Å². The molecule has 2 atom stereocenters. The van der Waals surface area contributed by atoms with Gasteiger partial charge in [0.2, 0.25) is 0 Å². The van der Waals surface area contributed by atoms with Gasteiger partial charge in [-0.1, -0.05) is 30.3 Å². The van der Waals surface area contributed by atoms with Crippen LogP contribution in [0.15, 0.2) is 30.3 Å². The number of amides is 2. The molecule has 0 spiro atoms. The normalized spacial score (nSPS) is 24.3. The lowest BCUT2D eigenvalue weighted by atomic mass is 9.80. The van der Waals surface area contributed by atoms with Crippen LogP contribution < -0.4 is 10.6 Å². The molecule has 22 heavy (non-hydrogen) atoms. The van der Waals surface area contributed by atoms with Crippen molar-refractivity contribution in [3.63, 3.8) is 0 Å². The maximum Gasteiger partial charge on any atom is 0.407 e. The first-order chi connectivity index (χ1) is 10.5. The predicted molar refractivity (Wildman–Crippen MR) is 81.6 cm³/mol. The number of carbonyl (C=O) groups excluding carboxylic acids is 1. The van der Waals surface area contributed by atoms with Crippen molar-refractivity contribution in [1.29, 1.82) is 0 Å². The molecule has 120 valence electrons. The van der Waals surface area contributed by atoms with Gasteiger partial charge in [0, 0.05) is 11.6 Å². The number of benzene rings is 1. The summed E-state index contributed by atoms with van der Waals surface area (Å²) in [5.74, 6) is 0. The molecule has 1 fully saturated rings. The third kappa shape index (κ3) is 4.95. The minimum atomic E-state index is -1.03. The highest BCUT2D eigenvalue weighted by Crippen LogP contribution is 2.28. The van der Waals surface area contributed by atoms with Gasteiger partial charge in [0.25, 0.3) is 0 Å². The number of hydrogen-bond donors (Lipinski definition) is 3. The topological polar surface area (TPSA) is 87.7 Å². The van der Waals surface area contributed by atoms with Crippen molar-refractivity contribution < 1.29 is 19.4 Å². The van der Waals surface area contributed by atoms with Gasteiger partial charge in [0.05, 0.1) is 0 Å². The summed E-state index contributed by atoms with van der Waals surface area (Å²) in [5.41, 5.74) is 0.482. The fraction of sp³-hybridized carbons (Fsp3) is 0.500. The second-order valence-corrected chi connectivity index (χ2v) is 5.99. The van der Waals surface area contributed by atoms with Crippen molar-refractivity contribution in [2.75, 3.05) is 0 Å². The molecule has 6 nitrogen and oxygen atoms in total. The Labute approximate surface area is 129 Å². The summed E-state index contributed by atoms with van der Waals surface area (Å²) < 4.78 is 5.23. The van der Waals surface area contributed by atoms with Gasteiger partial charge in [-0.2, -0.15) is 0 Å².